The second-order valence-corrected chi connectivity index (χ2v) is 15.8. The number of carbonyl (C=O) groups is 2. The van der Waals surface area contributed by atoms with Gasteiger partial charge < -0.3 is 20.6 Å². The molecular weight excluding hydrogens is 674 g/mol. The highest BCUT2D eigenvalue weighted by molar-refractivity contribution is 7.84. The van der Waals surface area contributed by atoms with E-state index >= 15 is 4.39 Å². The molecule has 3 aromatic rings. The molecule has 9 nitrogen and oxygen atoms in total. The number of nitrogens with one attached hydrogen (secondary N) is 3. The van der Waals surface area contributed by atoms with Gasteiger partial charge in [0.25, 0.3) is 0 Å². The minimum Gasteiger partial charge on any atom is -0.391 e. The van der Waals surface area contributed by atoms with Gasteiger partial charge >= 0.3 is 12.2 Å². The van der Waals surface area contributed by atoms with Crippen LogP contribution in [0.25, 0.3) is 0 Å². The molecule has 14 heteroatoms. The van der Waals surface area contributed by atoms with Crippen molar-refractivity contribution in [3.63, 3.8) is 0 Å². The van der Waals surface area contributed by atoms with E-state index in [2.05, 4.69) is 21.4 Å². The van der Waals surface area contributed by atoms with Gasteiger partial charge in [-0.1, -0.05) is 31.0 Å². The van der Waals surface area contributed by atoms with Crippen LogP contribution in [0.1, 0.15) is 75.1 Å². The zero-order chi connectivity index (χ0) is 36.4. The minimum atomic E-state index is -4.56. The number of benzene rings is 3. The maximum absolute atomic E-state index is 15.5. The Labute approximate surface area is 290 Å². The zero-order valence-electron chi connectivity index (χ0n) is 27.8. The summed E-state index contributed by atoms with van der Waals surface area (Å²) >= 11 is 0. The number of hydrogen-bond donors (Lipinski definition) is 4. The number of alkyl halides is 3. The highest BCUT2D eigenvalue weighted by atomic mass is 32.2. The van der Waals surface area contributed by atoms with Gasteiger partial charge in [0, 0.05) is 18.7 Å². The highest BCUT2D eigenvalue weighted by Gasteiger charge is 2.42. The number of nitriles is 1. The number of carbonyl (C=O) groups excluding carboxylic acids is 2. The average Bonchev–Trinajstić information content (AvgIpc) is 3.81. The Balaban J connectivity index is 1.45. The maximum atomic E-state index is 15.5. The SMILES string of the molecule is CC(C)(C)[S@@](=O)NC(CCC1CC1)(c1cccc(C#N)c1)c1ccc(F)c(NC(=O)C2CC(O)CN2C(=O)Nc2ccc(C(F)(F)F)cc2)c1. The summed E-state index contributed by atoms with van der Waals surface area (Å²) in [5, 5.41) is 25.1. The van der Waals surface area contributed by atoms with Crippen molar-refractivity contribution < 1.29 is 36.5 Å². The third-order valence-corrected chi connectivity index (χ3v) is 10.6. The first kappa shape index (κ1) is 36.9. The van der Waals surface area contributed by atoms with Gasteiger partial charge in [0.1, 0.15) is 11.9 Å². The van der Waals surface area contributed by atoms with Crippen LogP contribution in [-0.4, -0.2) is 49.6 Å². The van der Waals surface area contributed by atoms with Gasteiger partial charge in [-0.15, -0.1) is 0 Å². The number of aliphatic hydroxyl groups is 1. The summed E-state index contributed by atoms with van der Waals surface area (Å²) in [6.07, 6.45) is -2.48. The van der Waals surface area contributed by atoms with Crippen LogP contribution in [0.4, 0.5) is 33.7 Å². The summed E-state index contributed by atoms with van der Waals surface area (Å²) in [7, 11) is -1.62. The Hall–Kier alpha value is -4.32. The predicted octanol–water partition coefficient (Wildman–Crippen LogP) is 6.81. The first-order chi connectivity index (χ1) is 23.5. The molecule has 2 fully saturated rings. The van der Waals surface area contributed by atoms with E-state index in [-0.39, 0.29) is 24.3 Å². The minimum absolute atomic E-state index is 0.0467. The standard InChI is InChI=1S/C36H39F4N5O4S/c1-34(2,3)50(49)44-35(16-15-22-7-8-22,25-6-4-5-23(17-25)20-41)26-11-14-29(37)30(18-26)43-32(47)31-19-28(46)21-45(31)33(48)42-27-12-9-24(10-13-27)36(38,39)40/h4-6,9-14,17-18,22,28,31,44,46H,7-8,15-16,19,21H2,1-3H3,(H,42,48)(H,43,47)/t28?,31?,35?,50-/m1/s1. The predicted molar refractivity (Wildman–Crippen MR) is 182 cm³/mol. The molecule has 3 amide bonds. The highest BCUT2D eigenvalue weighted by Crippen LogP contribution is 2.43. The van der Waals surface area contributed by atoms with Crippen LogP contribution in [0, 0.1) is 23.1 Å². The van der Waals surface area contributed by atoms with Crippen molar-refractivity contribution in [2.45, 2.75) is 81.5 Å². The quantitative estimate of drug-likeness (QED) is 0.171. The number of β-amino-alcohol motifs (C(OH)–C–C–N with tert-alkyl or cyclic N) is 1. The molecule has 0 aromatic heterocycles. The Bertz CT molecular complexity index is 1800. The molecule has 50 heavy (non-hydrogen) atoms. The van der Waals surface area contributed by atoms with E-state index in [4.69, 9.17) is 0 Å². The van der Waals surface area contributed by atoms with Crippen LogP contribution >= 0.6 is 0 Å². The summed E-state index contributed by atoms with van der Waals surface area (Å²) in [4.78, 5) is 27.8. The van der Waals surface area contributed by atoms with Crippen molar-refractivity contribution in [3.8, 4) is 6.07 Å². The Morgan fingerprint density at radius 1 is 0.980 bits per heavy atom. The molecule has 266 valence electrons. The monoisotopic (exact) mass is 713 g/mol. The number of hydrogen-bond acceptors (Lipinski definition) is 5. The molecule has 1 heterocycles. The van der Waals surface area contributed by atoms with Crippen molar-refractivity contribution in [1.29, 1.82) is 5.26 Å². The van der Waals surface area contributed by atoms with E-state index in [1.54, 1.807) is 24.3 Å². The lowest BCUT2D eigenvalue weighted by Gasteiger charge is -2.38. The number of amides is 3. The molecule has 4 N–H and O–H groups in total. The fraction of sp³-hybridized carbons (Fsp3) is 0.417. The van der Waals surface area contributed by atoms with Crippen LogP contribution in [0.15, 0.2) is 66.7 Å². The van der Waals surface area contributed by atoms with E-state index in [1.807, 2.05) is 26.8 Å². The van der Waals surface area contributed by atoms with E-state index in [9.17, 15) is 37.3 Å². The van der Waals surface area contributed by atoms with Crippen LogP contribution in [0.2, 0.25) is 0 Å². The lowest BCUT2D eigenvalue weighted by atomic mass is 9.79. The first-order valence-electron chi connectivity index (χ1n) is 16.2. The summed E-state index contributed by atoms with van der Waals surface area (Å²) in [5.74, 6) is -1.10. The van der Waals surface area contributed by atoms with Gasteiger partial charge in [-0.3, -0.25) is 4.79 Å². The Morgan fingerprint density at radius 2 is 1.64 bits per heavy atom. The van der Waals surface area contributed by atoms with Crippen LogP contribution in [0.5, 0.6) is 0 Å². The smallest absolute Gasteiger partial charge is 0.391 e. The van der Waals surface area contributed by atoms with E-state index in [0.717, 1.165) is 48.4 Å². The molecule has 5 rings (SSSR count). The summed E-state index contributed by atoms with van der Waals surface area (Å²) < 4.78 is 70.8. The number of likely N-dealkylation sites (tertiary alicyclic amines) is 1. The molecule has 1 saturated heterocycles. The lowest BCUT2D eigenvalue weighted by molar-refractivity contribution is -0.137. The molecule has 0 radical (unpaired) electrons. The van der Waals surface area contributed by atoms with Crippen molar-refractivity contribution in [2.75, 3.05) is 17.2 Å². The third kappa shape index (κ3) is 8.51. The van der Waals surface area contributed by atoms with E-state index in [1.165, 1.54) is 12.1 Å². The van der Waals surface area contributed by atoms with Crippen molar-refractivity contribution in [1.82, 2.24) is 9.62 Å². The van der Waals surface area contributed by atoms with Crippen LogP contribution < -0.4 is 15.4 Å². The molecule has 0 spiro atoms. The van der Waals surface area contributed by atoms with Crippen molar-refractivity contribution >= 4 is 34.3 Å². The van der Waals surface area contributed by atoms with Crippen molar-refractivity contribution in [2.24, 2.45) is 5.92 Å². The molecular formula is C36H39F4N5O4S. The molecule has 3 unspecified atom stereocenters. The van der Waals surface area contributed by atoms with E-state index < -0.39 is 62.9 Å². The molecule has 2 aliphatic rings. The molecule has 0 bridgehead atoms. The van der Waals surface area contributed by atoms with Gasteiger partial charge in [-0.2, -0.15) is 18.4 Å². The number of urea groups is 1. The Morgan fingerprint density at radius 3 is 2.26 bits per heavy atom. The van der Waals surface area contributed by atoms with Gasteiger partial charge in [-0.05, 0) is 99.2 Å². The fourth-order valence-electron chi connectivity index (χ4n) is 5.94. The summed E-state index contributed by atoms with van der Waals surface area (Å²) in [6.45, 7) is 5.22. The third-order valence-electron chi connectivity index (χ3n) is 8.96. The second-order valence-electron chi connectivity index (χ2n) is 13.8. The van der Waals surface area contributed by atoms with Crippen LogP contribution in [-0.2, 0) is 27.5 Å². The van der Waals surface area contributed by atoms with Crippen molar-refractivity contribution in [3.05, 3.63) is 94.8 Å². The molecule has 1 aliphatic carbocycles. The summed E-state index contributed by atoms with van der Waals surface area (Å²) in [5.41, 5.74) is -0.708. The number of rotatable bonds is 10. The molecule has 1 saturated carbocycles. The molecule has 3 aromatic carbocycles. The fourth-order valence-corrected chi connectivity index (χ4v) is 6.90. The van der Waals surface area contributed by atoms with Crippen LogP contribution in [0.3, 0.4) is 0 Å². The number of nitrogens with zero attached hydrogens (tertiary/aromatic N) is 2. The van der Waals surface area contributed by atoms with Gasteiger partial charge in [0.2, 0.25) is 5.91 Å². The largest absolute Gasteiger partial charge is 0.416 e. The normalized spacial score (nSPS) is 19.7. The van der Waals surface area contributed by atoms with E-state index in [0.29, 0.717) is 29.0 Å². The number of aliphatic hydroxyl groups excluding tert-OH is 1. The van der Waals surface area contributed by atoms with Gasteiger partial charge in [0.05, 0.1) is 50.3 Å². The topological polar surface area (TPSA) is 135 Å². The lowest BCUT2D eigenvalue weighted by Crippen LogP contribution is -2.49. The average molecular weight is 714 g/mol. The Kier molecular flexibility index (Phi) is 10.7. The molecule has 1 aliphatic heterocycles. The number of halogens is 4. The maximum Gasteiger partial charge on any atom is 0.416 e. The van der Waals surface area contributed by atoms with Gasteiger partial charge in [0.15, 0.2) is 0 Å². The zero-order valence-corrected chi connectivity index (χ0v) is 28.6. The first-order valence-corrected chi connectivity index (χ1v) is 17.4. The molecule has 4 atom stereocenters. The summed E-state index contributed by atoms with van der Waals surface area (Å²) in [6, 6.07) is 14.9. The number of anilines is 2. The second kappa shape index (κ2) is 14.5. The van der Waals surface area contributed by atoms with Gasteiger partial charge in [-0.25, -0.2) is 18.1 Å².